The molecule has 0 aliphatic carbocycles. The average molecular weight is 209 g/mol. The molecular formula is C9H9ClN4. The van der Waals surface area contributed by atoms with E-state index in [9.17, 15) is 0 Å². The topological polar surface area (TPSA) is 56.7 Å². The molecule has 0 radical (unpaired) electrons. The Labute approximate surface area is 86.3 Å². The number of halogens is 1. The standard InChI is InChI=1S/C9H9ClN4/c10-8-2-1-3-9(7(8)4-11)14-6-12-5-13-14/h1-3,5-6H,4,11H2. The number of hydrogen-bond acceptors (Lipinski definition) is 3. The van der Waals surface area contributed by atoms with Crippen molar-refractivity contribution in [2.75, 3.05) is 0 Å². The fourth-order valence-corrected chi connectivity index (χ4v) is 1.54. The highest BCUT2D eigenvalue weighted by Crippen LogP contribution is 2.21. The molecule has 0 amide bonds. The van der Waals surface area contributed by atoms with E-state index in [0.717, 1.165) is 11.3 Å². The lowest BCUT2D eigenvalue weighted by molar-refractivity contribution is 0.857. The second kappa shape index (κ2) is 3.77. The van der Waals surface area contributed by atoms with Gasteiger partial charge in [0.15, 0.2) is 0 Å². The lowest BCUT2D eigenvalue weighted by Gasteiger charge is -2.08. The van der Waals surface area contributed by atoms with Gasteiger partial charge in [0.05, 0.1) is 5.69 Å². The van der Waals surface area contributed by atoms with Crippen molar-refractivity contribution in [3.63, 3.8) is 0 Å². The Hall–Kier alpha value is -1.39. The van der Waals surface area contributed by atoms with E-state index in [1.165, 1.54) is 6.33 Å². The maximum atomic E-state index is 6.00. The van der Waals surface area contributed by atoms with E-state index >= 15 is 0 Å². The Morgan fingerprint density at radius 2 is 2.29 bits per heavy atom. The Morgan fingerprint density at radius 1 is 1.43 bits per heavy atom. The lowest BCUT2D eigenvalue weighted by atomic mass is 10.2. The summed E-state index contributed by atoms with van der Waals surface area (Å²) in [6.07, 6.45) is 3.09. The zero-order valence-corrected chi connectivity index (χ0v) is 8.15. The summed E-state index contributed by atoms with van der Waals surface area (Å²) in [7, 11) is 0. The van der Waals surface area contributed by atoms with Crippen molar-refractivity contribution in [3.05, 3.63) is 41.4 Å². The van der Waals surface area contributed by atoms with Gasteiger partial charge in [-0.1, -0.05) is 17.7 Å². The fraction of sp³-hybridized carbons (Fsp3) is 0.111. The maximum Gasteiger partial charge on any atom is 0.138 e. The summed E-state index contributed by atoms with van der Waals surface area (Å²) in [4.78, 5) is 3.87. The third kappa shape index (κ3) is 1.49. The Balaban J connectivity index is 2.58. The molecule has 5 heteroatoms. The zero-order valence-electron chi connectivity index (χ0n) is 7.39. The molecule has 2 N–H and O–H groups in total. The molecule has 0 aliphatic rings. The van der Waals surface area contributed by atoms with Crippen molar-refractivity contribution >= 4 is 11.6 Å². The van der Waals surface area contributed by atoms with Crippen LogP contribution in [-0.4, -0.2) is 14.8 Å². The third-order valence-electron chi connectivity index (χ3n) is 1.96. The molecule has 0 fully saturated rings. The first kappa shape index (κ1) is 9.18. The molecule has 1 aromatic heterocycles. The van der Waals surface area contributed by atoms with Crippen molar-refractivity contribution < 1.29 is 0 Å². The minimum absolute atomic E-state index is 0.384. The molecule has 72 valence electrons. The average Bonchev–Trinajstić information content (AvgIpc) is 2.70. The fourth-order valence-electron chi connectivity index (χ4n) is 1.30. The molecule has 0 spiro atoms. The molecule has 1 heterocycles. The highest BCUT2D eigenvalue weighted by Gasteiger charge is 2.06. The van der Waals surface area contributed by atoms with E-state index in [0.29, 0.717) is 11.6 Å². The van der Waals surface area contributed by atoms with Gasteiger partial charge in [0, 0.05) is 17.1 Å². The molecule has 4 nitrogen and oxygen atoms in total. The van der Waals surface area contributed by atoms with Crippen LogP contribution in [0.2, 0.25) is 5.02 Å². The Bertz CT molecular complexity index is 424. The van der Waals surface area contributed by atoms with Crippen LogP contribution in [0, 0.1) is 0 Å². The highest BCUT2D eigenvalue weighted by molar-refractivity contribution is 6.31. The Kier molecular flexibility index (Phi) is 2.47. The van der Waals surface area contributed by atoms with Crippen LogP contribution in [0.3, 0.4) is 0 Å². The molecule has 2 aromatic rings. The van der Waals surface area contributed by atoms with Crippen LogP contribution in [0.4, 0.5) is 0 Å². The monoisotopic (exact) mass is 208 g/mol. The van der Waals surface area contributed by atoms with Gasteiger partial charge in [0.2, 0.25) is 0 Å². The van der Waals surface area contributed by atoms with Gasteiger partial charge in [-0.05, 0) is 12.1 Å². The summed E-state index contributed by atoms with van der Waals surface area (Å²) in [5, 5.41) is 4.68. The maximum absolute atomic E-state index is 6.00. The molecule has 0 unspecified atom stereocenters. The normalized spacial score (nSPS) is 10.4. The second-order valence-corrected chi connectivity index (χ2v) is 3.19. The van der Waals surface area contributed by atoms with Gasteiger partial charge in [0.25, 0.3) is 0 Å². The van der Waals surface area contributed by atoms with E-state index < -0.39 is 0 Å². The van der Waals surface area contributed by atoms with Crippen LogP contribution < -0.4 is 5.73 Å². The number of benzene rings is 1. The number of nitrogens with two attached hydrogens (primary N) is 1. The molecule has 0 aliphatic heterocycles. The van der Waals surface area contributed by atoms with Crippen molar-refractivity contribution in [3.8, 4) is 5.69 Å². The summed E-state index contributed by atoms with van der Waals surface area (Å²) >= 11 is 6.00. The van der Waals surface area contributed by atoms with Gasteiger partial charge in [-0.15, -0.1) is 0 Å². The largest absolute Gasteiger partial charge is 0.326 e. The van der Waals surface area contributed by atoms with Gasteiger partial charge in [-0.25, -0.2) is 9.67 Å². The van der Waals surface area contributed by atoms with Crippen LogP contribution in [0.1, 0.15) is 5.56 Å². The number of aromatic nitrogens is 3. The third-order valence-corrected chi connectivity index (χ3v) is 2.32. The molecule has 0 bridgehead atoms. The quantitative estimate of drug-likeness (QED) is 0.811. The van der Waals surface area contributed by atoms with Gasteiger partial charge in [-0.2, -0.15) is 5.10 Å². The van der Waals surface area contributed by atoms with E-state index in [1.54, 1.807) is 11.0 Å². The molecule has 0 saturated carbocycles. The predicted octanol–water partition coefficient (Wildman–Crippen LogP) is 1.38. The smallest absolute Gasteiger partial charge is 0.138 e. The first-order valence-corrected chi connectivity index (χ1v) is 4.53. The summed E-state index contributed by atoms with van der Waals surface area (Å²) in [5.74, 6) is 0. The van der Waals surface area contributed by atoms with Crippen LogP contribution in [0.5, 0.6) is 0 Å². The zero-order chi connectivity index (χ0) is 9.97. The second-order valence-electron chi connectivity index (χ2n) is 2.78. The minimum atomic E-state index is 0.384. The first-order chi connectivity index (χ1) is 6.83. The van der Waals surface area contributed by atoms with Crippen LogP contribution in [0.25, 0.3) is 5.69 Å². The number of hydrogen-bond donors (Lipinski definition) is 1. The SMILES string of the molecule is NCc1c(Cl)cccc1-n1cncn1. The van der Waals surface area contributed by atoms with Crippen molar-refractivity contribution in [2.45, 2.75) is 6.54 Å². The van der Waals surface area contributed by atoms with Crippen molar-refractivity contribution in [1.29, 1.82) is 0 Å². The summed E-state index contributed by atoms with van der Waals surface area (Å²) in [6, 6.07) is 5.57. The molecule has 1 aromatic carbocycles. The van der Waals surface area contributed by atoms with Crippen molar-refractivity contribution in [1.82, 2.24) is 14.8 Å². The van der Waals surface area contributed by atoms with E-state index in [2.05, 4.69) is 10.1 Å². The van der Waals surface area contributed by atoms with Gasteiger partial charge in [-0.3, -0.25) is 0 Å². The minimum Gasteiger partial charge on any atom is -0.326 e. The van der Waals surface area contributed by atoms with E-state index in [1.807, 2.05) is 18.2 Å². The predicted molar refractivity (Wildman–Crippen MR) is 54.3 cm³/mol. The van der Waals surface area contributed by atoms with E-state index in [-0.39, 0.29) is 0 Å². The Morgan fingerprint density at radius 3 is 2.93 bits per heavy atom. The summed E-state index contributed by atoms with van der Waals surface area (Å²) in [6.45, 7) is 0.384. The number of nitrogens with zero attached hydrogens (tertiary/aromatic N) is 3. The van der Waals surface area contributed by atoms with Gasteiger partial charge < -0.3 is 5.73 Å². The van der Waals surface area contributed by atoms with Gasteiger partial charge >= 0.3 is 0 Å². The highest BCUT2D eigenvalue weighted by atomic mass is 35.5. The van der Waals surface area contributed by atoms with Crippen LogP contribution in [-0.2, 0) is 6.54 Å². The lowest BCUT2D eigenvalue weighted by Crippen LogP contribution is -2.05. The molecule has 14 heavy (non-hydrogen) atoms. The van der Waals surface area contributed by atoms with Crippen molar-refractivity contribution in [2.24, 2.45) is 5.73 Å². The van der Waals surface area contributed by atoms with Crippen LogP contribution >= 0.6 is 11.6 Å². The molecule has 0 saturated heterocycles. The first-order valence-electron chi connectivity index (χ1n) is 4.15. The molecule has 0 atom stereocenters. The summed E-state index contributed by atoms with van der Waals surface area (Å²) < 4.78 is 1.65. The molecular weight excluding hydrogens is 200 g/mol. The molecule has 2 rings (SSSR count). The van der Waals surface area contributed by atoms with Gasteiger partial charge in [0.1, 0.15) is 12.7 Å². The number of rotatable bonds is 2. The summed E-state index contributed by atoms with van der Waals surface area (Å²) in [5.41, 5.74) is 7.36. The van der Waals surface area contributed by atoms with Crippen LogP contribution in [0.15, 0.2) is 30.9 Å². The van der Waals surface area contributed by atoms with E-state index in [4.69, 9.17) is 17.3 Å².